The Morgan fingerprint density at radius 3 is 2.64 bits per heavy atom. The fourth-order valence-electron chi connectivity index (χ4n) is 6.34. The highest BCUT2D eigenvalue weighted by atomic mass is 16.1. The van der Waals surface area contributed by atoms with Crippen molar-refractivity contribution in [2.75, 3.05) is 20.1 Å². The molecule has 2 aliphatic carbocycles. The van der Waals surface area contributed by atoms with E-state index in [1.165, 1.54) is 49.9 Å². The van der Waals surface area contributed by atoms with Gasteiger partial charge in [0.2, 0.25) is 0 Å². The van der Waals surface area contributed by atoms with Crippen molar-refractivity contribution in [3.05, 3.63) is 71.3 Å². The number of nitrogens with zero attached hydrogens (tertiary/aromatic N) is 4. The number of piperidine rings is 1. The Balaban J connectivity index is 1.20. The van der Waals surface area contributed by atoms with Crippen molar-refractivity contribution in [2.45, 2.75) is 44.9 Å². The van der Waals surface area contributed by atoms with E-state index in [4.69, 9.17) is 0 Å². The van der Waals surface area contributed by atoms with Crippen LogP contribution in [-0.4, -0.2) is 45.4 Å². The molecule has 0 radical (unpaired) electrons. The molecule has 1 saturated carbocycles. The number of pyridine rings is 2. The van der Waals surface area contributed by atoms with Crippen LogP contribution in [-0.2, 0) is 6.42 Å². The van der Waals surface area contributed by atoms with Gasteiger partial charge >= 0.3 is 0 Å². The fraction of sp³-hybridized carbons (Fsp3) is 0.464. The molecule has 3 aromatic heterocycles. The minimum absolute atomic E-state index is 0.139. The number of carbonyl (C=O) groups excluding carboxylic acids is 1. The lowest BCUT2D eigenvalue weighted by atomic mass is 9.71. The molecule has 6 rings (SSSR count). The van der Waals surface area contributed by atoms with E-state index in [0.29, 0.717) is 0 Å². The van der Waals surface area contributed by atoms with Gasteiger partial charge in [0.1, 0.15) is 0 Å². The van der Waals surface area contributed by atoms with Gasteiger partial charge in [-0.3, -0.25) is 9.78 Å². The van der Waals surface area contributed by atoms with Crippen LogP contribution in [0.15, 0.2) is 48.9 Å². The molecule has 0 bridgehead atoms. The van der Waals surface area contributed by atoms with Gasteiger partial charge in [-0.25, -0.2) is 4.52 Å². The SMILES string of the molecule is CN1CCC(C2CCC(C(=O)c3cnn4ccc(C5=CCc6ncccc65)cc34)CC2)CC1. The van der Waals surface area contributed by atoms with Gasteiger partial charge in [0.05, 0.1) is 23.0 Å². The monoisotopic (exact) mass is 440 g/mol. The topological polar surface area (TPSA) is 50.5 Å². The van der Waals surface area contributed by atoms with Crippen molar-refractivity contribution >= 4 is 16.9 Å². The van der Waals surface area contributed by atoms with E-state index in [1.807, 2.05) is 23.0 Å². The van der Waals surface area contributed by atoms with Crippen molar-refractivity contribution < 1.29 is 4.79 Å². The lowest BCUT2D eigenvalue weighted by Gasteiger charge is -2.37. The van der Waals surface area contributed by atoms with Crippen LogP contribution in [0.1, 0.15) is 65.7 Å². The van der Waals surface area contributed by atoms with Crippen LogP contribution in [0.4, 0.5) is 0 Å². The zero-order chi connectivity index (χ0) is 22.4. The minimum atomic E-state index is 0.139. The molecule has 170 valence electrons. The third kappa shape index (κ3) is 3.82. The van der Waals surface area contributed by atoms with Crippen LogP contribution in [0.25, 0.3) is 11.1 Å². The number of fused-ring (bicyclic) bond motifs is 2. The predicted octanol–water partition coefficient (Wildman–Crippen LogP) is 5.05. The second kappa shape index (κ2) is 8.53. The summed E-state index contributed by atoms with van der Waals surface area (Å²) in [6.45, 7) is 2.45. The van der Waals surface area contributed by atoms with Gasteiger partial charge in [-0.2, -0.15) is 5.10 Å². The standard InChI is InChI=1S/C28H32N4O/c1-31-14-10-20(11-15-31)19-4-6-21(7-5-19)28(33)25-18-30-32-16-12-22(17-27(25)32)23-8-9-26-24(23)3-2-13-29-26/h2-3,8,12-13,16-21H,4-7,9-11,14-15H2,1H3. The number of Topliss-reactive ketones (excluding diaryl/α,β-unsaturated/α-hetero) is 1. The maximum absolute atomic E-state index is 13.5. The number of allylic oxidation sites excluding steroid dienone is 1. The van der Waals surface area contributed by atoms with Gasteiger partial charge < -0.3 is 4.90 Å². The number of aromatic nitrogens is 3. The smallest absolute Gasteiger partial charge is 0.169 e. The fourth-order valence-corrected chi connectivity index (χ4v) is 6.34. The molecule has 0 aromatic carbocycles. The molecule has 0 unspecified atom stereocenters. The van der Waals surface area contributed by atoms with Gasteiger partial charge in [0, 0.05) is 30.3 Å². The van der Waals surface area contributed by atoms with E-state index in [1.54, 1.807) is 6.20 Å². The quantitative estimate of drug-likeness (QED) is 0.533. The van der Waals surface area contributed by atoms with Crippen molar-refractivity contribution in [1.29, 1.82) is 0 Å². The van der Waals surface area contributed by atoms with E-state index in [-0.39, 0.29) is 11.7 Å². The Bertz CT molecular complexity index is 1210. The first kappa shape index (κ1) is 20.8. The van der Waals surface area contributed by atoms with Crippen LogP contribution in [0.2, 0.25) is 0 Å². The van der Waals surface area contributed by atoms with Gasteiger partial charge in [-0.15, -0.1) is 0 Å². The highest BCUT2D eigenvalue weighted by Gasteiger charge is 2.33. The molecule has 1 saturated heterocycles. The summed E-state index contributed by atoms with van der Waals surface area (Å²) in [6.07, 6.45) is 15.8. The third-order valence-electron chi connectivity index (χ3n) is 8.35. The third-order valence-corrected chi connectivity index (χ3v) is 8.35. The zero-order valence-electron chi connectivity index (χ0n) is 19.4. The van der Waals surface area contributed by atoms with E-state index in [0.717, 1.165) is 53.4 Å². The first-order valence-corrected chi connectivity index (χ1v) is 12.5. The Kier molecular flexibility index (Phi) is 5.37. The van der Waals surface area contributed by atoms with Crippen LogP contribution in [0.3, 0.4) is 0 Å². The molecule has 0 atom stereocenters. The van der Waals surface area contributed by atoms with Crippen molar-refractivity contribution in [1.82, 2.24) is 19.5 Å². The molecule has 2 fully saturated rings. The van der Waals surface area contributed by atoms with Crippen LogP contribution >= 0.6 is 0 Å². The molecule has 1 aliphatic heterocycles. The van der Waals surface area contributed by atoms with Crippen LogP contribution in [0.5, 0.6) is 0 Å². The van der Waals surface area contributed by atoms with E-state index in [2.05, 4.69) is 46.3 Å². The molecule has 33 heavy (non-hydrogen) atoms. The van der Waals surface area contributed by atoms with Gasteiger partial charge in [-0.1, -0.05) is 12.1 Å². The Hall–Kier alpha value is -2.79. The van der Waals surface area contributed by atoms with E-state index < -0.39 is 0 Å². The summed E-state index contributed by atoms with van der Waals surface area (Å²) in [5, 5.41) is 4.50. The molecule has 5 heteroatoms. The number of carbonyl (C=O) groups is 1. The summed E-state index contributed by atoms with van der Waals surface area (Å²) >= 11 is 0. The molecular formula is C28H32N4O. The molecule has 3 aromatic rings. The molecular weight excluding hydrogens is 408 g/mol. The normalized spacial score (nSPS) is 24.1. The maximum Gasteiger partial charge on any atom is 0.169 e. The van der Waals surface area contributed by atoms with Gasteiger partial charge in [0.25, 0.3) is 0 Å². The van der Waals surface area contributed by atoms with E-state index >= 15 is 0 Å². The molecule has 0 spiro atoms. The summed E-state index contributed by atoms with van der Waals surface area (Å²) in [7, 11) is 2.23. The number of rotatable bonds is 4. The predicted molar refractivity (Wildman–Crippen MR) is 130 cm³/mol. The summed E-state index contributed by atoms with van der Waals surface area (Å²) in [4.78, 5) is 20.5. The van der Waals surface area contributed by atoms with Crippen molar-refractivity contribution in [2.24, 2.45) is 17.8 Å². The largest absolute Gasteiger partial charge is 0.306 e. The Morgan fingerprint density at radius 2 is 1.82 bits per heavy atom. The summed E-state index contributed by atoms with van der Waals surface area (Å²) in [5.41, 5.74) is 6.37. The number of ketones is 1. The average Bonchev–Trinajstić information content (AvgIpc) is 3.48. The van der Waals surface area contributed by atoms with Gasteiger partial charge in [-0.05, 0) is 99.8 Å². The second-order valence-electron chi connectivity index (χ2n) is 10.2. The lowest BCUT2D eigenvalue weighted by molar-refractivity contribution is 0.0821. The van der Waals surface area contributed by atoms with Crippen LogP contribution < -0.4 is 0 Å². The van der Waals surface area contributed by atoms with Crippen LogP contribution in [0, 0.1) is 17.8 Å². The zero-order valence-corrected chi connectivity index (χ0v) is 19.4. The molecule has 5 nitrogen and oxygen atoms in total. The minimum Gasteiger partial charge on any atom is -0.306 e. The molecule has 0 N–H and O–H groups in total. The van der Waals surface area contributed by atoms with Crippen molar-refractivity contribution in [3.63, 3.8) is 0 Å². The lowest BCUT2D eigenvalue weighted by Crippen LogP contribution is -2.35. The summed E-state index contributed by atoms with van der Waals surface area (Å²) in [6, 6.07) is 8.36. The maximum atomic E-state index is 13.5. The molecule has 4 heterocycles. The highest BCUT2D eigenvalue weighted by Crippen LogP contribution is 2.39. The second-order valence-corrected chi connectivity index (χ2v) is 10.2. The van der Waals surface area contributed by atoms with Crippen molar-refractivity contribution in [3.8, 4) is 0 Å². The van der Waals surface area contributed by atoms with E-state index in [9.17, 15) is 4.79 Å². The number of hydrogen-bond donors (Lipinski definition) is 0. The first-order chi connectivity index (χ1) is 16.2. The Morgan fingerprint density at radius 1 is 1.03 bits per heavy atom. The summed E-state index contributed by atoms with van der Waals surface area (Å²) in [5.74, 6) is 2.08. The Labute approximate surface area is 195 Å². The van der Waals surface area contributed by atoms with Gasteiger partial charge in [0.15, 0.2) is 5.78 Å². The summed E-state index contributed by atoms with van der Waals surface area (Å²) < 4.78 is 1.85. The first-order valence-electron chi connectivity index (χ1n) is 12.5. The molecule has 0 amide bonds. The average molecular weight is 441 g/mol. The number of hydrogen-bond acceptors (Lipinski definition) is 4. The molecule has 3 aliphatic rings. The number of likely N-dealkylation sites (tertiary alicyclic amines) is 1. The highest BCUT2D eigenvalue weighted by molar-refractivity contribution is 6.04.